The van der Waals surface area contributed by atoms with Crippen LogP contribution < -0.4 is 4.72 Å². The minimum Gasteiger partial charge on any atom is -0.303 e. The number of aromatic nitrogens is 2. The van der Waals surface area contributed by atoms with E-state index in [1.165, 1.54) is 21.2 Å². The normalized spacial score (nSPS) is 11.9. The van der Waals surface area contributed by atoms with Gasteiger partial charge in [-0.05, 0) is 53.4 Å². The Morgan fingerprint density at radius 1 is 1.23 bits per heavy atom. The maximum absolute atomic E-state index is 11.7. The summed E-state index contributed by atoms with van der Waals surface area (Å²) in [6.45, 7) is 2.14. The van der Waals surface area contributed by atoms with E-state index in [-0.39, 0.29) is 6.42 Å². The van der Waals surface area contributed by atoms with E-state index < -0.39 is 15.9 Å². The third kappa shape index (κ3) is 5.11. The largest absolute Gasteiger partial charge is 0.303 e. The quantitative estimate of drug-likeness (QED) is 0.303. The van der Waals surface area contributed by atoms with E-state index in [0.29, 0.717) is 12.2 Å². The number of thioether (sulfide) groups is 1. The van der Waals surface area contributed by atoms with E-state index in [4.69, 9.17) is 4.98 Å². The fourth-order valence-corrected chi connectivity index (χ4v) is 6.15. The average Bonchev–Trinajstić information content (AvgIpc) is 3.27. The zero-order valence-corrected chi connectivity index (χ0v) is 19.7. The smallest absolute Gasteiger partial charge is 0.233 e. The van der Waals surface area contributed by atoms with Gasteiger partial charge in [0.15, 0.2) is 0 Å². The maximum atomic E-state index is 11.7. The number of aryl methyl sites for hydroxylation is 1. The van der Waals surface area contributed by atoms with Gasteiger partial charge in [-0.15, -0.1) is 23.1 Å². The van der Waals surface area contributed by atoms with Gasteiger partial charge in [-0.2, -0.15) is 0 Å². The van der Waals surface area contributed by atoms with Crippen molar-refractivity contribution in [1.82, 2.24) is 14.1 Å². The first-order valence-electron chi connectivity index (χ1n) is 9.87. The fraction of sp³-hybridized carbons (Fsp3) is 0.273. The SMILES string of the molecule is Cc1cccc2scc(Cc3c(SCCCC(=O)NS(C)(=O)=O)nc4ccccn34)c12. The molecule has 0 aliphatic carbocycles. The van der Waals surface area contributed by atoms with Crippen molar-refractivity contribution in [2.75, 3.05) is 12.0 Å². The number of sulfonamides is 1. The van der Waals surface area contributed by atoms with Gasteiger partial charge in [-0.1, -0.05) is 18.2 Å². The minimum atomic E-state index is -3.51. The highest BCUT2D eigenvalue weighted by molar-refractivity contribution is 7.99. The van der Waals surface area contributed by atoms with Crippen molar-refractivity contribution in [3.63, 3.8) is 0 Å². The van der Waals surface area contributed by atoms with Crippen LogP contribution in [-0.4, -0.2) is 35.7 Å². The summed E-state index contributed by atoms with van der Waals surface area (Å²) in [5.74, 6) is 0.204. The number of pyridine rings is 1. The van der Waals surface area contributed by atoms with Crippen LogP contribution in [0.2, 0.25) is 0 Å². The molecule has 3 heterocycles. The first-order chi connectivity index (χ1) is 14.8. The molecule has 0 aliphatic rings. The Balaban J connectivity index is 1.54. The van der Waals surface area contributed by atoms with E-state index >= 15 is 0 Å². The first kappa shape index (κ1) is 21.9. The topological polar surface area (TPSA) is 80.5 Å². The summed E-state index contributed by atoms with van der Waals surface area (Å²) >= 11 is 3.37. The van der Waals surface area contributed by atoms with E-state index in [0.717, 1.165) is 29.0 Å². The van der Waals surface area contributed by atoms with Crippen LogP contribution in [0.3, 0.4) is 0 Å². The number of rotatable bonds is 8. The molecule has 1 N–H and O–H groups in total. The van der Waals surface area contributed by atoms with Gasteiger partial charge in [-0.3, -0.25) is 9.52 Å². The number of thiophene rings is 1. The molecule has 9 heteroatoms. The number of carbonyl (C=O) groups excluding carboxylic acids is 1. The molecule has 6 nitrogen and oxygen atoms in total. The van der Waals surface area contributed by atoms with Crippen molar-refractivity contribution in [2.45, 2.75) is 31.2 Å². The molecule has 0 unspecified atom stereocenters. The summed E-state index contributed by atoms with van der Waals surface area (Å²) in [5, 5.41) is 4.48. The zero-order valence-electron chi connectivity index (χ0n) is 17.3. The maximum Gasteiger partial charge on any atom is 0.233 e. The lowest BCUT2D eigenvalue weighted by atomic mass is 10.0. The molecular weight excluding hydrogens is 450 g/mol. The highest BCUT2D eigenvalue weighted by Gasteiger charge is 2.16. The number of carbonyl (C=O) groups is 1. The van der Waals surface area contributed by atoms with Crippen LogP contribution in [0.5, 0.6) is 0 Å². The van der Waals surface area contributed by atoms with E-state index in [2.05, 4.69) is 34.9 Å². The van der Waals surface area contributed by atoms with Crippen LogP contribution in [0.25, 0.3) is 15.7 Å². The first-order valence-corrected chi connectivity index (χ1v) is 13.6. The number of benzene rings is 1. The molecule has 0 aliphatic heterocycles. The molecule has 3 aromatic heterocycles. The van der Waals surface area contributed by atoms with Gasteiger partial charge in [0, 0.05) is 29.5 Å². The third-order valence-electron chi connectivity index (χ3n) is 4.92. The molecule has 0 atom stereocenters. The standard InChI is InChI=1S/C22H23N3O3S3/c1-15-7-5-8-18-21(15)16(14-30-18)13-17-22(23-19-9-3-4-11-25(17)19)29-12-6-10-20(26)24-31(2,27)28/h3-5,7-9,11,14H,6,10,12-13H2,1-2H3,(H,24,26). The van der Waals surface area contributed by atoms with Crippen molar-refractivity contribution in [3.8, 4) is 0 Å². The number of nitrogens with zero attached hydrogens (tertiary/aromatic N) is 2. The van der Waals surface area contributed by atoms with Gasteiger partial charge in [0.05, 0.1) is 11.9 Å². The van der Waals surface area contributed by atoms with Crippen LogP contribution in [-0.2, 0) is 21.2 Å². The summed E-state index contributed by atoms with van der Waals surface area (Å²) < 4.78 is 27.7. The molecule has 0 saturated carbocycles. The van der Waals surface area contributed by atoms with Gasteiger partial charge in [0.25, 0.3) is 0 Å². The van der Waals surface area contributed by atoms with Gasteiger partial charge in [-0.25, -0.2) is 13.4 Å². The summed E-state index contributed by atoms with van der Waals surface area (Å²) in [5.41, 5.74) is 4.59. The predicted molar refractivity (Wildman–Crippen MR) is 128 cm³/mol. The molecule has 0 bridgehead atoms. The molecule has 0 radical (unpaired) electrons. The molecule has 0 saturated heterocycles. The Labute approximate surface area is 189 Å². The van der Waals surface area contributed by atoms with E-state index in [9.17, 15) is 13.2 Å². The van der Waals surface area contributed by atoms with Crippen molar-refractivity contribution in [1.29, 1.82) is 0 Å². The van der Waals surface area contributed by atoms with Crippen molar-refractivity contribution < 1.29 is 13.2 Å². The Bertz CT molecular complexity index is 1360. The average molecular weight is 474 g/mol. The fourth-order valence-electron chi connectivity index (χ4n) is 3.62. The lowest BCUT2D eigenvalue weighted by Crippen LogP contribution is -2.29. The van der Waals surface area contributed by atoms with Gasteiger partial charge >= 0.3 is 0 Å². The van der Waals surface area contributed by atoms with Crippen molar-refractivity contribution >= 4 is 54.8 Å². The molecule has 1 aromatic carbocycles. The second-order valence-corrected chi connectivity index (χ2v) is 11.2. The number of hydrogen-bond donors (Lipinski definition) is 1. The summed E-state index contributed by atoms with van der Waals surface area (Å²) in [4.78, 5) is 16.5. The molecule has 31 heavy (non-hydrogen) atoms. The number of amides is 1. The molecule has 4 aromatic rings. The van der Waals surface area contributed by atoms with Crippen LogP contribution in [0, 0.1) is 6.92 Å². The van der Waals surface area contributed by atoms with Crippen molar-refractivity contribution in [2.24, 2.45) is 0 Å². The van der Waals surface area contributed by atoms with Crippen LogP contribution in [0.4, 0.5) is 0 Å². The van der Waals surface area contributed by atoms with E-state index in [1.54, 1.807) is 23.1 Å². The second-order valence-electron chi connectivity index (χ2n) is 7.43. The lowest BCUT2D eigenvalue weighted by molar-refractivity contribution is -0.119. The number of fused-ring (bicyclic) bond motifs is 2. The van der Waals surface area contributed by atoms with Crippen LogP contribution >= 0.6 is 23.1 Å². The molecule has 4 rings (SSSR count). The Morgan fingerprint density at radius 3 is 2.87 bits per heavy atom. The second kappa shape index (κ2) is 9.02. The summed E-state index contributed by atoms with van der Waals surface area (Å²) in [6, 6.07) is 12.4. The molecule has 1 amide bonds. The van der Waals surface area contributed by atoms with Gasteiger partial charge in [0.2, 0.25) is 15.9 Å². The Kier molecular flexibility index (Phi) is 6.36. The van der Waals surface area contributed by atoms with Gasteiger partial charge < -0.3 is 4.40 Å². The monoisotopic (exact) mass is 473 g/mol. The number of imidazole rings is 1. The molecule has 0 fully saturated rings. The molecular formula is C22H23N3O3S3. The van der Waals surface area contributed by atoms with Crippen LogP contribution in [0.15, 0.2) is 53.0 Å². The minimum absolute atomic E-state index is 0.164. The van der Waals surface area contributed by atoms with E-state index in [1.807, 2.05) is 29.1 Å². The molecule has 0 spiro atoms. The predicted octanol–water partition coefficient (Wildman–Crippen LogP) is 4.40. The molecule has 162 valence electrons. The Morgan fingerprint density at radius 2 is 2.06 bits per heavy atom. The summed E-state index contributed by atoms with van der Waals surface area (Å²) in [7, 11) is -3.51. The highest BCUT2D eigenvalue weighted by Crippen LogP contribution is 2.33. The van der Waals surface area contributed by atoms with Crippen molar-refractivity contribution in [3.05, 3.63) is 64.8 Å². The third-order valence-corrected chi connectivity index (χ3v) is 7.61. The zero-order chi connectivity index (χ0) is 22.0. The van der Waals surface area contributed by atoms with Gasteiger partial charge in [0.1, 0.15) is 10.7 Å². The Hall–Kier alpha value is -2.36. The number of hydrogen-bond acceptors (Lipinski definition) is 6. The highest BCUT2D eigenvalue weighted by atomic mass is 32.2. The summed E-state index contributed by atoms with van der Waals surface area (Å²) in [6.07, 6.45) is 4.52. The lowest BCUT2D eigenvalue weighted by Gasteiger charge is -2.06. The number of nitrogens with one attached hydrogen (secondary N) is 1. The van der Waals surface area contributed by atoms with Crippen LogP contribution in [0.1, 0.15) is 29.7 Å².